The van der Waals surface area contributed by atoms with Crippen molar-refractivity contribution in [2.45, 2.75) is 59.9 Å². The first-order chi connectivity index (χ1) is 13.9. The van der Waals surface area contributed by atoms with E-state index in [0.29, 0.717) is 0 Å². The van der Waals surface area contributed by atoms with Gasteiger partial charge in [0.2, 0.25) is 0 Å². The van der Waals surface area contributed by atoms with E-state index >= 15 is 0 Å². The molecule has 0 saturated heterocycles. The second-order valence-corrected chi connectivity index (χ2v) is 8.75. The molecular weight excluding hydrogens is 370 g/mol. The van der Waals surface area contributed by atoms with Crippen molar-refractivity contribution < 1.29 is 0 Å². The van der Waals surface area contributed by atoms with E-state index in [0.717, 1.165) is 19.3 Å². The van der Waals surface area contributed by atoms with E-state index in [2.05, 4.69) is 83.0 Å². The lowest BCUT2D eigenvalue weighted by atomic mass is 9.83. The smallest absolute Gasteiger partial charge is 0.0375 e. The van der Waals surface area contributed by atoms with Crippen LogP contribution < -0.4 is 5.73 Å². The number of hydrogen-bond donors (Lipinski definition) is 1. The maximum atomic E-state index is 6.25. The van der Waals surface area contributed by atoms with Crippen LogP contribution in [0.2, 0.25) is 0 Å². The molecule has 29 heavy (non-hydrogen) atoms. The van der Waals surface area contributed by atoms with Crippen LogP contribution in [0.1, 0.15) is 66.8 Å². The first kappa shape index (κ1) is 21.5. The Bertz CT molecular complexity index is 1010. The zero-order valence-corrected chi connectivity index (χ0v) is 19.2. The van der Waals surface area contributed by atoms with Crippen LogP contribution in [0.5, 0.6) is 0 Å². The van der Waals surface area contributed by atoms with Crippen molar-refractivity contribution >= 4 is 16.9 Å². The van der Waals surface area contributed by atoms with Gasteiger partial charge in [0.15, 0.2) is 0 Å². The van der Waals surface area contributed by atoms with Gasteiger partial charge >= 0.3 is 0 Å². The Labute approximate surface area is 180 Å². The quantitative estimate of drug-likeness (QED) is 0.424. The van der Waals surface area contributed by atoms with Crippen molar-refractivity contribution in [3.05, 3.63) is 75.5 Å². The summed E-state index contributed by atoms with van der Waals surface area (Å²) in [6.45, 7) is 15.4. The van der Waals surface area contributed by atoms with Gasteiger partial charge in [-0.15, -0.1) is 11.3 Å². The molecule has 2 heteroatoms. The highest BCUT2D eigenvalue weighted by Gasteiger charge is 2.20. The fourth-order valence-electron chi connectivity index (χ4n) is 4.01. The fraction of sp³-hybridized carbons (Fsp3) is 0.333. The summed E-state index contributed by atoms with van der Waals surface area (Å²) < 4.78 is 0. The molecule has 1 nitrogen and oxygen atoms in total. The number of thiophene rings is 1. The van der Waals surface area contributed by atoms with Gasteiger partial charge in [0, 0.05) is 16.5 Å². The molecule has 3 rings (SSSR count). The largest absolute Gasteiger partial charge is 0.324 e. The number of benzene rings is 2. The summed E-state index contributed by atoms with van der Waals surface area (Å²) in [5.41, 5.74) is 18.1. The standard InChI is InChI=1S/C27H33NS/c1-7-17(4)27-23(14-15-29-27)25-19(6)18(5)16-20(8-2)26(25)22-12-10-21(11-13-22)24(28)9-3/h10-16,24H,4,7-9,28H2,1-3,5-6H3. The molecule has 0 fully saturated rings. The van der Waals surface area contributed by atoms with Gasteiger partial charge in [-0.2, -0.15) is 0 Å². The van der Waals surface area contributed by atoms with Crippen molar-refractivity contribution in [2.24, 2.45) is 5.73 Å². The summed E-state index contributed by atoms with van der Waals surface area (Å²) in [7, 11) is 0. The molecule has 0 saturated carbocycles. The minimum atomic E-state index is 0.102. The SMILES string of the molecule is C=C(CC)c1sccc1-c1c(C)c(C)cc(CC)c1-c1ccc(C(N)CC)cc1. The second kappa shape index (κ2) is 9.11. The van der Waals surface area contributed by atoms with Crippen molar-refractivity contribution in [3.63, 3.8) is 0 Å². The summed E-state index contributed by atoms with van der Waals surface area (Å²) in [6, 6.07) is 13.6. The summed E-state index contributed by atoms with van der Waals surface area (Å²) >= 11 is 1.80. The van der Waals surface area contributed by atoms with Crippen LogP contribution >= 0.6 is 11.3 Å². The monoisotopic (exact) mass is 403 g/mol. The Morgan fingerprint density at radius 1 is 1.03 bits per heavy atom. The third kappa shape index (κ3) is 4.10. The van der Waals surface area contributed by atoms with E-state index in [4.69, 9.17) is 5.73 Å². The predicted octanol–water partition coefficient (Wildman–Crippen LogP) is 8.09. The second-order valence-electron chi connectivity index (χ2n) is 7.84. The van der Waals surface area contributed by atoms with Gasteiger partial charge in [0.25, 0.3) is 0 Å². The predicted molar refractivity (Wildman–Crippen MR) is 131 cm³/mol. The molecule has 0 spiro atoms. The van der Waals surface area contributed by atoms with Crippen molar-refractivity contribution in [1.82, 2.24) is 0 Å². The highest BCUT2D eigenvalue weighted by Crippen LogP contribution is 2.44. The summed E-state index contributed by atoms with van der Waals surface area (Å²) in [6.07, 6.45) is 2.93. The highest BCUT2D eigenvalue weighted by molar-refractivity contribution is 7.11. The Balaban J connectivity index is 2.29. The average Bonchev–Trinajstić information content (AvgIpc) is 3.23. The zero-order valence-electron chi connectivity index (χ0n) is 18.4. The molecule has 1 heterocycles. The molecule has 2 N–H and O–H groups in total. The highest BCUT2D eigenvalue weighted by atomic mass is 32.1. The molecule has 0 bridgehead atoms. The van der Waals surface area contributed by atoms with Crippen molar-refractivity contribution in [3.8, 4) is 22.3 Å². The maximum Gasteiger partial charge on any atom is 0.0375 e. The molecule has 1 aromatic heterocycles. The molecular formula is C27H33NS. The van der Waals surface area contributed by atoms with Gasteiger partial charge in [-0.3, -0.25) is 0 Å². The topological polar surface area (TPSA) is 26.0 Å². The molecule has 0 aliphatic rings. The van der Waals surface area contributed by atoms with Gasteiger partial charge in [0.1, 0.15) is 0 Å². The molecule has 1 atom stereocenters. The molecule has 2 aromatic carbocycles. The fourth-order valence-corrected chi connectivity index (χ4v) is 4.95. The van der Waals surface area contributed by atoms with Gasteiger partial charge < -0.3 is 5.73 Å². The summed E-state index contributed by atoms with van der Waals surface area (Å²) in [5, 5.41) is 2.20. The molecule has 152 valence electrons. The average molecular weight is 404 g/mol. The third-order valence-electron chi connectivity index (χ3n) is 6.06. The van der Waals surface area contributed by atoms with Crippen LogP contribution in [0.4, 0.5) is 0 Å². The van der Waals surface area contributed by atoms with Crippen LogP contribution in [0.15, 0.2) is 48.4 Å². The lowest BCUT2D eigenvalue weighted by Gasteiger charge is -2.21. The van der Waals surface area contributed by atoms with Gasteiger partial charge in [-0.05, 0) is 89.1 Å². The molecule has 0 radical (unpaired) electrons. The zero-order chi connectivity index (χ0) is 21.1. The Morgan fingerprint density at radius 3 is 2.31 bits per heavy atom. The van der Waals surface area contributed by atoms with E-state index in [9.17, 15) is 0 Å². The Kier molecular flexibility index (Phi) is 6.77. The first-order valence-electron chi connectivity index (χ1n) is 10.7. The van der Waals surface area contributed by atoms with Crippen LogP contribution in [0, 0.1) is 13.8 Å². The molecule has 0 aliphatic carbocycles. The molecule has 0 aliphatic heterocycles. The molecule has 3 aromatic rings. The number of nitrogens with two attached hydrogens (primary N) is 1. The van der Waals surface area contributed by atoms with E-state index in [-0.39, 0.29) is 6.04 Å². The normalized spacial score (nSPS) is 12.2. The van der Waals surface area contributed by atoms with Crippen LogP contribution in [0.3, 0.4) is 0 Å². The van der Waals surface area contributed by atoms with Crippen molar-refractivity contribution in [1.29, 1.82) is 0 Å². The number of allylic oxidation sites excluding steroid dienone is 1. The lowest BCUT2D eigenvalue weighted by Crippen LogP contribution is -2.08. The van der Waals surface area contributed by atoms with Gasteiger partial charge in [-0.1, -0.05) is 57.7 Å². The van der Waals surface area contributed by atoms with Gasteiger partial charge in [0.05, 0.1) is 0 Å². The minimum absolute atomic E-state index is 0.102. The summed E-state index contributed by atoms with van der Waals surface area (Å²) in [4.78, 5) is 1.31. The van der Waals surface area contributed by atoms with E-state index in [1.165, 1.54) is 55.0 Å². The van der Waals surface area contributed by atoms with Gasteiger partial charge in [-0.25, -0.2) is 0 Å². The minimum Gasteiger partial charge on any atom is -0.324 e. The van der Waals surface area contributed by atoms with Crippen LogP contribution in [-0.2, 0) is 6.42 Å². The van der Waals surface area contributed by atoms with Crippen LogP contribution in [0.25, 0.3) is 27.8 Å². The summed E-state index contributed by atoms with van der Waals surface area (Å²) in [5.74, 6) is 0. The Hall–Kier alpha value is -2.16. The van der Waals surface area contributed by atoms with Crippen LogP contribution in [-0.4, -0.2) is 0 Å². The number of aryl methyl sites for hydroxylation is 2. The molecule has 1 unspecified atom stereocenters. The molecule has 0 amide bonds. The van der Waals surface area contributed by atoms with E-state index in [1.807, 2.05) is 0 Å². The number of hydrogen-bond acceptors (Lipinski definition) is 2. The third-order valence-corrected chi connectivity index (χ3v) is 7.08. The van der Waals surface area contributed by atoms with E-state index in [1.54, 1.807) is 11.3 Å². The lowest BCUT2D eigenvalue weighted by molar-refractivity contribution is 0.699. The van der Waals surface area contributed by atoms with Crippen molar-refractivity contribution in [2.75, 3.05) is 0 Å². The van der Waals surface area contributed by atoms with E-state index < -0.39 is 0 Å². The first-order valence-corrected chi connectivity index (χ1v) is 11.6. The number of rotatable bonds is 7. The maximum absolute atomic E-state index is 6.25. The Morgan fingerprint density at radius 2 is 1.72 bits per heavy atom.